The molecule has 1 aromatic carbocycles. The summed E-state index contributed by atoms with van der Waals surface area (Å²) >= 11 is 3.73. The lowest BCUT2D eigenvalue weighted by Crippen LogP contribution is -2.47. The van der Waals surface area contributed by atoms with Crippen molar-refractivity contribution in [2.24, 2.45) is 0 Å². The van der Waals surface area contributed by atoms with Crippen LogP contribution < -0.4 is 0 Å². The molecule has 2 aliphatic heterocycles. The van der Waals surface area contributed by atoms with Gasteiger partial charge in [0.1, 0.15) is 0 Å². The molecule has 2 saturated heterocycles. The Kier molecular flexibility index (Phi) is 3.66. The third-order valence-corrected chi connectivity index (χ3v) is 5.31. The van der Waals surface area contributed by atoms with Gasteiger partial charge in [0, 0.05) is 16.9 Å². The molecule has 1 amide bonds. The molecule has 2 unspecified atom stereocenters. The Labute approximate surface area is 123 Å². The number of fused-ring (bicyclic) bond motifs is 2. The van der Waals surface area contributed by atoms with Gasteiger partial charge in [-0.05, 0) is 43.7 Å². The first-order chi connectivity index (χ1) is 9.15. The molecular weight excluding hydrogens is 302 g/mol. The second-order valence-electron chi connectivity index (χ2n) is 5.86. The highest BCUT2D eigenvalue weighted by atomic mass is 79.9. The number of alkyl halides is 1. The molecule has 3 heteroatoms. The quantitative estimate of drug-likeness (QED) is 0.764. The summed E-state index contributed by atoms with van der Waals surface area (Å²) in [7, 11) is 0. The number of nitrogens with zero attached hydrogens (tertiary/aromatic N) is 1. The van der Waals surface area contributed by atoms with E-state index in [1.807, 2.05) is 12.1 Å². The Morgan fingerprint density at radius 2 is 1.89 bits per heavy atom. The van der Waals surface area contributed by atoms with Crippen molar-refractivity contribution in [2.75, 3.05) is 0 Å². The maximum Gasteiger partial charge on any atom is 0.227 e. The molecule has 2 atom stereocenters. The SMILES string of the molecule is Cc1ccccc1CC(=O)N1C2CCC1CC(Br)C2. The van der Waals surface area contributed by atoms with Gasteiger partial charge in [0.2, 0.25) is 5.91 Å². The number of benzene rings is 1. The van der Waals surface area contributed by atoms with Crippen LogP contribution in [0.15, 0.2) is 24.3 Å². The van der Waals surface area contributed by atoms with Crippen molar-refractivity contribution in [3.63, 3.8) is 0 Å². The van der Waals surface area contributed by atoms with E-state index in [4.69, 9.17) is 0 Å². The van der Waals surface area contributed by atoms with Crippen LogP contribution in [0.3, 0.4) is 0 Å². The van der Waals surface area contributed by atoms with E-state index in [0.717, 1.165) is 12.8 Å². The van der Waals surface area contributed by atoms with Crippen LogP contribution >= 0.6 is 15.9 Å². The Bertz CT molecular complexity index is 473. The molecule has 2 bridgehead atoms. The highest BCUT2D eigenvalue weighted by Crippen LogP contribution is 2.38. The number of rotatable bonds is 2. The smallest absolute Gasteiger partial charge is 0.227 e. The minimum absolute atomic E-state index is 0.321. The van der Waals surface area contributed by atoms with Crippen molar-refractivity contribution in [1.82, 2.24) is 4.90 Å². The molecule has 102 valence electrons. The summed E-state index contributed by atoms with van der Waals surface area (Å²) in [6, 6.07) is 9.16. The van der Waals surface area contributed by atoms with Crippen molar-refractivity contribution < 1.29 is 4.79 Å². The number of piperidine rings is 1. The van der Waals surface area contributed by atoms with Crippen molar-refractivity contribution >= 4 is 21.8 Å². The van der Waals surface area contributed by atoms with Gasteiger partial charge in [-0.1, -0.05) is 40.2 Å². The Hall–Kier alpha value is -0.830. The normalized spacial score (nSPS) is 29.6. The summed E-state index contributed by atoms with van der Waals surface area (Å²) in [6.45, 7) is 2.09. The number of halogens is 1. The third-order valence-electron chi connectivity index (χ3n) is 4.57. The monoisotopic (exact) mass is 321 g/mol. The van der Waals surface area contributed by atoms with Gasteiger partial charge in [-0.25, -0.2) is 0 Å². The number of aryl methyl sites for hydroxylation is 1. The molecule has 0 saturated carbocycles. The van der Waals surface area contributed by atoms with E-state index in [0.29, 0.717) is 29.2 Å². The fourth-order valence-corrected chi connectivity index (χ4v) is 4.44. The lowest BCUT2D eigenvalue weighted by atomic mass is 10.00. The van der Waals surface area contributed by atoms with Crippen molar-refractivity contribution in [2.45, 2.75) is 55.9 Å². The van der Waals surface area contributed by atoms with Gasteiger partial charge in [0.15, 0.2) is 0 Å². The van der Waals surface area contributed by atoms with Gasteiger partial charge >= 0.3 is 0 Å². The molecule has 19 heavy (non-hydrogen) atoms. The number of hydrogen-bond acceptors (Lipinski definition) is 1. The van der Waals surface area contributed by atoms with Gasteiger partial charge in [0.05, 0.1) is 6.42 Å². The van der Waals surface area contributed by atoms with Gasteiger partial charge in [-0.15, -0.1) is 0 Å². The first-order valence-electron chi connectivity index (χ1n) is 7.15. The Morgan fingerprint density at radius 3 is 2.53 bits per heavy atom. The summed E-state index contributed by atoms with van der Waals surface area (Å²) in [6.07, 6.45) is 5.18. The number of hydrogen-bond donors (Lipinski definition) is 0. The van der Waals surface area contributed by atoms with Crippen molar-refractivity contribution in [3.8, 4) is 0 Å². The van der Waals surface area contributed by atoms with Crippen LogP contribution in [0.2, 0.25) is 0 Å². The zero-order valence-electron chi connectivity index (χ0n) is 11.3. The molecule has 0 aromatic heterocycles. The predicted molar refractivity (Wildman–Crippen MR) is 80.5 cm³/mol. The zero-order valence-corrected chi connectivity index (χ0v) is 12.9. The van der Waals surface area contributed by atoms with E-state index in [1.165, 1.54) is 24.0 Å². The van der Waals surface area contributed by atoms with Gasteiger partial charge in [-0.2, -0.15) is 0 Å². The number of carbonyl (C=O) groups is 1. The average molecular weight is 322 g/mol. The molecule has 2 fully saturated rings. The first-order valence-corrected chi connectivity index (χ1v) is 8.06. The minimum atomic E-state index is 0.321. The highest BCUT2D eigenvalue weighted by Gasteiger charge is 2.42. The van der Waals surface area contributed by atoms with E-state index in [2.05, 4.69) is 39.9 Å². The molecule has 3 rings (SSSR count). The summed E-state index contributed by atoms with van der Waals surface area (Å²) in [4.78, 5) is 15.4. The molecule has 2 aliphatic rings. The fourth-order valence-electron chi connectivity index (χ4n) is 3.58. The van der Waals surface area contributed by atoms with Crippen molar-refractivity contribution in [1.29, 1.82) is 0 Å². The summed E-state index contributed by atoms with van der Waals surface area (Å²) in [5.41, 5.74) is 2.39. The first kappa shape index (κ1) is 13.2. The van der Waals surface area contributed by atoms with Crippen LogP contribution in [0.25, 0.3) is 0 Å². The van der Waals surface area contributed by atoms with Gasteiger partial charge in [0.25, 0.3) is 0 Å². The molecule has 0 spiro atoms. The molecule has 0 N–H and O–H groups in total. The molecule has 0 radical (unpaired) electrons. The molecule has 0 aliphatic carbocycles. The van der Waals surface area contributed by atoms with Crippen LogP contribution in [0, 0.1) is 6.92 Å². The second kappa shape index (κ2) is 5.28. The zero-order chi connectivity index (χ0) is 13.4. The Balaban J connectivity index is 1.73. The largest absolute Gasteiger partial charge is 0.336 e. The molecule has 1 aromatic rings. The topological polar surface area (TPSA) is 20.3 Å². The van der Waals surface area contributed by atoms with E-state index in [-0.39, 0.29) is 0 Å². The predicted octanol–water partition coefficient (Wildman–Crippen LogP) is 3.45. The summed E-state index contributed by atoms with van der Waals surface area (Å²) in [5, 5.41) is 0. The van der Waals surface area contributed by atoms with E-state index < -0.39 is 0 Å². The molecule has 2 heterocycles. The molecular formula is C16H20BrNO. The van der Waals surface area contributed by atoms with Crippen LogP contribution in [-0.2, 0) is 11.2 Å². The summed E-state index contributed by atoms with van der Waals surface area (Å²) < 4.78 is 0. The van der Waals surface area contributed by atoms with E-state index in [9.17, 15) is 4.79 Å². The second-order valence-corrected chi connectivity index (χ2v) is 7.15. The lowest BCUT2D eigenvalue weighted by molar-refractivity contribution is -0.134. The standard InChI is InChI=1S/C16H20BrNO/c1-11-4-2-3-5-12(11)8-16(19)18-14-6-7-15(18)10-13(17)9-14/h2-5,13-15H,6-10H2,1H3. The minimum Gasteiger partial charge on any atom is -0.336 e. The highest BCUT2D eigenvalue weighted by molar-refractivity contribution is 9.09. The molecule has 2 nitrogen and oxygen atoms in total. The maximum absolute atomic E-state index is 12.6. The van der Waals surface area contributed by atoms with Crippen LogP contribution in [0.1, 0.15) is 36.8 Å². The van der Waals surface area contributed by atoms with Gasteiger partial charge in [-0.3, -0.25) is 4.79 Å². The van der Waals surface area contributed by atoms with Crippen LogP contribution in [-0.4, -0.2) is 27.7 Å². The van der Waals surface area contributed by atoms with Crippen LogP contribution in [0.5, 0.6) is 0 Å². The number of amides is 1. The van der Waals surface area contributed by atoms with Crippen LogP contribution in [0.4, 0.5) is 0 Å². The fraction of sp³-hybridized carbons (Fsp3) is 0.562. The average Bonchev–Trinajstić information content (AvgIpc) is 2.65. The van der Waals surface area contributed by atoms with Gasteiger partial charge < -0.3 is 4.90 Å². The maximum atomic E-state index is 12.6. The Morgan fingerprint density at radius 1 is 1.26 bits per heavy atom. The summed E-state index contributed by atoms with van der Waals surface area (Å²) in [5.74, 6) is 0.321. The van der Waals surface area contributed by atoms with Crippen molar-refractivity contribution in [3.05, 3.63) is 35.4 Å². The third kappa shape index (κ3) is 2.58. The van der Waals surface area contributed by atoms with E-state index in [1.54, 1.807) is 0 Å². The van der Waals surface area contributed by atoms with E-state index >= 15 is 0 Å². The lowest BCUT2D eigenvalue weighted by Gasteiger charge is -2.37. The number of carbonyl (C=O) groups excluding carboxylic acids is 1.